The first-order valence-corrected chi connectivity index (χ1v) is 11.1. The molecule has 2 rings (SSSR count). The fraction of sp³-hybridized carbons (Fsp3) is 0.467. The van der Waals surface area contributed by atoms with Gasteiger partial charge in [-0.2, -0.15) is 0 Å². The lowest BCUT2D eigenvalue weighted by Crippen LogP contribution is -2.36. The zero-order chi connectivity index (χ0) is 17.6. The Kier molecular flexibility index (Phi) is 6.39. The molecule has 9 heteroatoms. The van der Waals surface area contributed by atoms with Crippen LogP contribution in [0.5, 0.6) is 0 Å². The Bertz CT molecular complexity index is 778. The van der Waals surface area contributed by atoms with Crippen molar-refractivity contribution in [2.45, 2.75) is 13.3 Å². The highest BCUT2D eigenvalue weighted by atomic mass is 32.2. The molecule has 0 spiro atoms. The van der Waals surface area contributed by atoms with E-state index in [-0.39, 0.29) is 24.6 Å². The summed E-state index contributed by atoms with van der Waals surface area (Å²) >= 11 is 0. The standard InChI is InChI=1S/C15H23N3O4S2/c1-2-23(19,20)16-8-9-17-24(21,22)12-7-14-6-11-18-10-4-3-5-15(18)13-14/h3-6,10,13,16-17H,2,7-9,11-12H2,1H3. The smallest absolute Gasteiger partial charge is 0.211 e. The SMILES string of the molecule is CCS(=O)(=O)NCCNS(=O)(=O)CCC1=CCN2C=CC=CC2=C1. The number of hydrogen-bond donors (Lipinski definition) is 2. The second kappa shape index (κ2) is 8.11. The average molecular weight is 374 g/mol. The van der Waals surface area contributed by atoms with Gasteiger partial charge in [0.05, 0.1) is 11.5 Å². The molecule has 2 aliphatic heterocycles. The lowest BCUT2D eigenvalue weighted by Gasteiger charge is -2.26. The number of hydrogen-bond acceptors (Lipinski definition) is 5. The number of nitrogens with one attached hydrogen (secondary N) is 2. The zero-order valence-corrected chi connectivity index (χ0v) is 15.2. The molecule has 0 aromatic carbocycles. The maximum absolute atomic E-state index is 12.0. The van der Waals surface area contributed by atoms with Gasteiger partial charge in [-0.15, -0.1) is 0 Å². The van der Waals surface area contributed by atoms with Crippen LogP contribution in [0, 0.1) is 0 Å². The van der Waals surface area contributed by atoms with E-state index in [2.05, 4.69) is 14.3 Å². The Morgan fingerprint density at radius 1 is 1.08 bits per heavy atom. The highest BCUT2D eigenvalue weighted by molar-refractivity contribution is 7.89. The van der Waals surface area contributed by atoms with E-state index >= 15 is 0 Å². The Labute approximate surface area is 143 Å². The van der Waals surface area contributed by atoms with Crippen LogP contribution in [0.25, 0.3) is 0 Å². The Morgan fingerprint density at radius 3 is 2.50 bits per heavy atom. The molecule has 7 nitrogen and oxygen atoms in total. The van der Waals surface area contributed by atoms with E-state index in [0.717, 1.165) is 17.8 Å². The van der Waals surface area contributed by atoms with E-state index in [1.165, 1.54) is 6.92 Å². The van der Waals surface area contributed by atoms with Crippen molar-refractivity contribution in [2.24, 2.45) is 0 Å². The van der Waals surface area contributed by atoms with E-state index in [4.69, 9.17) is 0 Å². The van der Waals surface area contributed by atoms with E-state index in [1.807, 2.05) is 36.6 Å². The molecular formula is C15H23N3O4S2. The van der Waals surface area contributed by atoms with Crippen LogP contribution < -0.4 is 9.44 Å². The normalized spacial score (nSPS) is 17.5. The molecule has 0 saturated carbocycles. The van der Waals surface area contributed by atoms with E-state index in [0.29, 0.717) is 6.42 Å². The third kappa shape index (κ3) is 5.90. The van der Waals surface area contributed by atoms with Crippen LogP contribution in [0.2, 0.25) is 0 Å². The number of fused-ring (bicyclic) bond motifs is 1. The number of rotatable bonds is 9. The maximum atomic E-state index is 12.0. The quantitative estimate of drug-likeness (QED) is 0.572. The molecule has 24 heavy (non-hydrogen) atoms. The van der Waals surface area contributed by atoms with Crippen molar-refractivity contribution >= 4 is 20.0 Å². The van der Waals surface area contributed by atoms with Gasteiger partial charge in [-0.3, -0.25) is 0 Å². The van der Waals surface area contributed by atoms with E-state index < -0.39 is 20.0 Å². The fourth-order valence-electron chi connectivity index (χ4n) is 2.27. The van der Waals surface area contributed by atoms with Gasteiger partial charge in [0.2, 0.25) is 20.0 Å². The van der Waals surface area contributed by atoms with Crippen molar-refractivity contribution in [1.82, 2.24) is 14.3 Å². The van der Waals surface area contributed by atoms with E-state index in [9.17, 15) is 16.8 Å². The highest BCUT2D eigenvalue weighted by Gasteiger charge is 2.15. The Balaban J connectivity index is 1.77. The van der Waals surface area contributed by atoms with Gasteiger partial charge in [0.1, 0.15) is 0 Å². The summed E-state index contributed by atoms with van der Waals surface area (Å²) in [5.41, 5.74) is 2.03. The summed E-state index contributed by atoms with van der Waals surface area (Å²) in [5.74, 6) is -0.0497. The van der Waals surface area contributed by atoms with Gasteiger partial charge in [-0.25, -0.2) is 26.3 Å². The Morgan fingerprint density at radius 2 is 1.79 bits per heavy atom. The first-order chi connectivity index (χ1) is 11.3. The zero-order valence-electron chi connectivity index (χ0n) is 13.6. The predicted molar refractivity (Wildman–Crippen MR) is 95.0 cm³/mol. The first-order valence-electron chi connectivity index (χ1n) is 7.78. The van der Waals surface area contributed by atoms with Gasteiger partial charge in [0.15, 0.2) is 0 Å². The topological polar surface area (TPSA) is 95.6 Å². The second-order valence-corrected chi connectivity index (χ2v) is 9.48. The number of nitrogens with zero attached hydrogens (tertiary/aromatic N) is 1. The molecule has 0 unspecified atom stereocenters. The third-order valence-corrected chi connectivity index (χ3v) is 6.46. The Hall–Kier alpha value is -1.42. The highest BCUT2D eigenvalue weighted by Crippen LogP contribution is 2.21. The molecule has 134 valence electrons. The van der Waals surface area contributed by atoms with Gasteiger partial charge >= 0.3 is 0 Å². The van der Waals surface area contributed by atoms with Crippen LogP contribution in [0.4, 0.5) is 0 Å². The lowest BCUT2D eigenvalue weighted by molar-refractivity contribution is 0.519. The molecule has 0 fully saturated rings. The summed E-state index contributed by atoms with van der Waals surface area (Å²) in [6, 6.07) is 0. The van der Waals surface area contributed by atoms with Crippen molar-refractivity contribution in [3.05, 3.63) is 47.9 Å². The average Bonchev–Trinajstić information content (AvgIpc) is 2.57. The number of allylic oxidation sites excluding steroid dienone is 5. The molecule has 2 aliphatic rings. The molecule has 0 aromatic rings. The molecule has 2 heterocycles. The van der Waals surface area contributed by atoms with Gasteiger partial charge < -0.3 is 4.90 Å². The van der Waals surface area contributed by atoms with Gasteiger partial charge in [0.25, 0.3) is 0 Å². The van der Waals surface area contributed by atoms with Gasteiger partial charge in [-0.1, -0.05) is 12.2 Å². The van der Waals surface area contributed by atoms with Crippen molar-refractivity contribution in [2.75, 3.05) is 31.1 Å². The summed E-state index contributed by atoms with van der Waals surface area (Å²) in [5, 5.41) is 0. The van der Waals surface area contributed by atoms with Crippen LogP contribution in [0.15, 0.2) is 47.9 Å². The van der Waals surface area contributed by atoms with E-state index in [1.54, 1.807) is 0 Å². The van der Waals surface area contributed by atoms with Crippen LogP contribution in [-0.2, 0) is 20.0 Å². The number of sulfonamides is 2. The molecule has 0 amide bonds. The van der Waals surface area contributed by atoms with Crippen molar-refractivity contribution in [3.63, 3.8) is 0 Å². The summed E-state index contributed by atoms with van der Waals surface area (Å²) in [7, 11) is -6.73. The monoisotopic (exact) mass is 373 g/mol. The largest absolute Gasteiger partial charge is 0.344 e. The van der Waals surface area contributed by atoms with Crippen LogP contribution in [0.3, 0.4) is 0 Å². The van der Waals surface area contributed by atoms with Gasteiger partial charge in [-0.05, 0) is 37.1 Å². The minimum atomic E-state index is -3.44. The minimum absolute atomic E-state index is 0.0246. The van der Waals surface area contributed by atoms with Gasteiger partial charge in [0, 0.05) is 31.5 Å². The lowest BCUT2D eigenvalue weighted by atomic mass is 10.1. The van der Waals surface area contributed by atoms with Crippen LogP contribution >= 0.6 is 0 Å². The summed E-state index contributed by atoms with van der Waals surface area (Å²) in [6.45, 7) is 2.35. The summed E-state index contributed by atoms with van der Waals surface area (Å²) in [4.78, 5) is 2.08. The van der Waals surface area contributed by atoms with Crippen molar-refractivity contribution in [3.8, 4) is 0 Å². The fourth-order valence-corrected chi connectivity index (χ4v) is 3.94. The molecule has 0 atom stereocenters. The molecule has 0 aromatic heterocycles. The molecule has 0 aliphatic carbocycles. The van der Waals surface area contributed by atoms with Crippen molar-refractivity contribution < 1.29 is 16.8 Å². The second-order valence-electron chi connectivity index (χ2n) is 5.46. The van der Waals surface area contributed by atoms with Crippen LogP contribution in [-0.4, -0.2) is 52.9 Å². The van der Waals surface area contributed by atoms with Crippen LogP contribution in [0.1, 0.15) is 13.3 Å². The maximum Gasteiger partial charge on any atom is 0.211 e. The third-order valence-electron chi connectivity index (χ3n) is 3.67. The summed E-state index contributed by atoms with van der Waals surface area (Å²) in [6.07, 6.45) is 12.3. The molecule has 0 radical (unpaired) electrons. The minimum Gasteiger partial charge on any atom is -0.344 e. The summed E-state index contributed by atoms with van der Waals surface area (Å²) < 4.78 is 51.2. The molecular weight excluding hydrogens is 350 g/mol. The predicted octanol–water partition coefficient (Wildman–Crippen LogP) is 0.445. The molecule has 0 saturated heterocycles. The molecule has 2 N–H and O–H groups in total. The molecule has 0 bridgehead atoms. The van der Waals surface area contributed by atoms with Crippen molar-refractivity contribution in [1.29, 1.82) is 0 Å². The first kappa shape index (κ1) is 18.9.